The van der Waals surface area contributed by atoms with Crippen molar-refractivity contribution in [3.63, 3.8) is 0 Å². The molecule has 116 valence electrons. The van der Waals surface area contributed by atoms with E-state index in [4.69, 9.17) is 4.74 Å². The van der Waals surface area contributed by atoms with E-state index < -0.39 is 0 Å². The van der Waals surface area contributed by atoms with E-state index in [0.29, 0.717) is 17.5 Å². The van der Waals surface area contributed by atoms with Crippen LogP contribution >= 0.6 is 0 Å². The predicted octanol–water partition coefficient (Wildman–Crippen LogP) is 3.70. The first-order chi connectivity index (χ1) is 9.37. The minimum atomic E-state index is 0.170. The first kappa shape index (κ1) is 17.5. The number of rotatable bonds is 6. The zero-order valence-corrected chi connectivity index (χ0v) is 14.1. The molecule has 1 fully saturated rings. The van der Waals surface area contributed by atoms with Crippen molar-refractivity contribution in [2.24, 2.45) is 17.3 Å². The monoisotopic (exact) mass is 280 g/mol. The van der Waals surface area contributed by atoms with Gasteiger partial charge in [-0.05, 0) is 44.6 Å². The van der Waals surface area contributed by atoms with Crippen LogP contribution in [0, 0.1) is 28.6 Å². The molecular weight excluding hydrogens is 248 g/mol. The maximum atomic E-state index is 9.46. The van der Waals surface area contributed by atoms with E-state index >= 15 is 0 Å². The van der Waals surface area contributed by atoms with Crippen molar-refractivity contribution < 1.29 is 4.74 Å². The highest BCUT2D eigenvalue weighted by molar-refractivity contribution is 5.00. The van der Waals surface area contributed by atoms with Crippen LogP contribution in [0.15, 0.2) is 0 Å². The molecule has 4 unspecified atom stereocenters. The van der Waals surface area contributed by atoms with Crippen molar-refractivity contribution in [3.05, 3.63) is 0 Å². The molecule has 3 nitrogen and oxygen atoms in total. The molecule has 1 aliphatic rings. The lowest BCUT2D eigenvalue weighted by atomic mass is 9.66. The topological polar surface area (TPSA) is 36.3 Å². The zero-order valence-electron chi connectivity index (χ0n) is 14.1. The molecule has 0 amide bonds. The Balaban J connectivity index is 2.81. The molecule has 0 saturated heterocycles. The van der Waals surface area contributed by atoms with Crippen LogP contribution in [0.3, 0.4) is 0 Å². The molecular formula is C17H32N2O. The lowest BCUT2D eigenvalue weighted by Crippen LogP contribution is -2.49. The van der Waals surface area contributed by atoms with Gasteiger partial charge in [-0.15, -0.1) is 0 Å². The average Bonchev–Trinajstić information content (AvgIpc) is 2.45. The summed E-state index contributed by atoms with van der Waals surface area (Å²) in [5, 5.41) is 9.46. The van der Waals surface area contributed by atoms with Crippen molar-refractivity contribution in [1.29, 1.82) is 5.26 Å². The number of hydrogen-bond acceptors (Lipinski definition) is 3. The second kappa shape index (κ2) is 7.43. The Morgan fingerprint density at radius 2 is 2.05 bits per heavy atom. The number of likely N-dealkylation sites (N-methyl/N-ethyl adjacent to an activating group) is 1. The van der Waals surface area contributed by atoms with E-state index in [-0.39, 0.29) is 5.92 Å². The van der Waals surface area contributed by atoms with E-state index in [2.05, 4.69) is 45.7 Å². The number of ether oxygens (including phenoxy) is 1. The number of nitrogens with zero attached hydrogens (tertiary/aromatic N) is 2. The summed E-state index contributed by atoms with van der Waals surface area (Å²) in [7, 11) is 3.90. The fourth-order valence-electron chi connectivity index (χ4n) is 3.43. The van der Waals surface area contributed by atoms with Crippen LogP contribution in [0.5, 0.6) is 0 Å². The summed E-state index contributed by atoms with van der Waals surface area (Å²) in [5.74, 6) is 0.891. The molecule has 0 heterocycles. The van der Waals surface area contributed by atoms with Gasteiger partial charge in [0.25, 0.3) is 0 Å². The third-order valence-corrected chi connectivity index (χ3v) is 5.63. The van der Waals surface area contributed by atoms with Gasteiger partial charge in [0, 0.05) is 19.2 Å². The Labute approximate surface area is 125 Å². The van der Waals surface area contributed by atoms with Crippen molar-refractivity contribution in [3.8, 4) is 6.07 Å². The van der Waals surface area contributed by atoms with Crippen LogP contribution in [0.1, 0.15) is 53.4 Å². The Morgan fingerprint density at radius 1 is 1.40 bits per heavy atom. The van der Waals surface area contributed by atoms with E-state index in [1.807, 2.05) is 0 Å². The van der Waals surface area contributed by atoms with Crippen LogP contribution < -0.4 is 0 Å². The Kier molecular flexibility index (Phi) is 6.48. The standard InChI is InChI=1S/C17H32N2O/c1-7-17(3,4)15-9-8-14(11-18)16(10-15)19(5)13(2)12-20-6/h13-16H,7-10,12H2,1-6H3. The molecule has 0 aromatic carbocycles. The first-order valence-electron chi connectivity index (χ1n) is 7.97. The molecule has 0 aromatic rings. The summed E-state index contributed by atoms with van der Waals surface area (Å²) in [5.41, 5.74) is 0.379. The van der Waals surface area contributed by atoms with Gasteiger partial charge in [-0.3, -0.25) is 4.90 Å². The summed E-state index contributed by atoms with van der Waals surface area (Å²) in [4.78, 5) is 2.37. The molecule has 0 bridgehead atoms. The van der Waals surface area contributed by atoms with Gasteiger partial charge in [0.05, 0.1) is 18.6 Å². The van der Waals surface area contributed by atoms with Gasteiger partial charge in [0.1, 0.15) is 0 Å². The Morgan fingerprint density at radius 3 is 2.55 bits per heavy atom. The van der Waals surface area contributed by atoms with E-state index in [0.717, 1.165) is 25.4 Å². The van der Waals surface area contributed by atoms with Crippen LogP contribution in [0.2, 0.25) is 0 Å². The molecule has 0 spiro atoms. The molecule has 0 radical (unpaired) electrons. The molecule has 1 rings (SSSR count). The van der Waals surface area contributed by atoms with Gasteiger partial charge in [-0.1, -0.05) is 27.2 Å². The van der Waals surface area contributed by atoms with Gasteiger partial charge in [0.2, 0.25) is 0 Å². The van der Waals surface area contributed by atoms with Gasteiger partial charge < -0.3 is 4.74 Å². The third-order valence-electron chi connectivity index (χ3n) is 5.63. The normalized spacial score (nSPS) is 29.2. The summed E-state index contributed by atoms with van der Waals surface area (Å²) >= 11 is 0. The lowest BCUT2D eigenvalue weighted by molar-refractivity contribution is 0.0246. The predicted molar refractivity (Wildman–Crippen MR) is 83.4 cm³/mol. The quantitative estimate of drug-likeness (QED) is 0.744. The average molecular weight is 280 g/mol. The molecule has 0 aromatic heterocycles. The Hall–Kier alpha value is -0.590. The van der Waals surface area contributed by atoms with E-state index in [1.165, 1.54) is 12.8 Å². The molecule has 4 atom stereocenters. The second-order valence-electron chi connectivity index (χ2n) is 7.12. The minimum Gasteiger partial charge on any atom is -0.383 e. The molecule has 0 N–H and O–H groups in total. The summed E-state index contributed by atoms with van der Waals surface area (Å²) < 4.78 is 5.28. The highest BCUT2D eigenvalue weighted by Gasteiger charge is 2.39. The van der Waals surface area contributed by atoms with Crippen molar-refractivity contribution >= 4 is 0 Å². The fourth-order valence-corrected chi connectivity index (χ4v) is 3.43. The van der Waals surface area contributed by atoms with Gasteiger partial charge in [-0.2, -0.15) is 5.26 Å². The highest BCUT2D eigenvalue weighted by Crippen LogP contribution is 2.43. The SMILES string of the molecule is CCC(C)(C)C1CCC(C#N)C(N(C)C(C)COC)C1. The zero-order chi connectivity index (χ0) is 15.3. The van der Waals surface area contributed by atoms with Gasteiger partial charge in [0.15, 0.2) is 0 Å². The minimum absolute atomic E-state index is 0.170. The van der Waals surface area contributed by atoms with Gasteiger partial charge in [-0.25, -0.2) is 0 Å². The highest BCUT2D eigenvalue weighted by atomic mass is 16.5. The van der Waals surface area contributed by atoms with E-state index in [1.54, 1.807) is 7.11 Å². The first-order valence-corrected chi connectivity index (χ1v) is 7.97. The maximum absolute atomic E-state index is 9.46. The van der Waals surface area contributed by atoms with Crippen LogP contribution in [0.25, 0.3) is 0 Å². The summed E-state index contributed by atoms with van der Waals surface area (Å²) in [6, 6.07) is 3.27. The Bertz CT molecular complexity index is 334. The third kappa shape index (κ3) is 3.96. The summed E-state index contributed by atoms with van der Waals surface area (Å²) in [6.45, 7) is 9.95. The fraction of sp³-hybridized carbons (Fsp3) is 0.941. The maximum Gasteiger partial charge on any atom is 0.0672 e. The van der Waals surface area contributed by atoms with Crippen LogP contribution in [0.4, 0.5) is 0 Å². The smallest absolute Gasteiger partial charge is 0.0672 e. The largest absolute Gasteiger partial charge is 0.383 e. The lowest BCUT2D eigenvalue weighted by Gasteiger charge is -2.45. The number of hydrogen-bond donors (Lipinski definition) is 0. The second-order valence-corrected chi connectivity index (χ2v) is 7.12. The molecule has 3 heteroatoms. The van der Waals surface area contributed by atoms with Crippen molar-refractivity contribution in [2.45, 2.75) is 65.5 Å². The van der Waals surface area contributed by atoms with Crippen molar-refractivity contribution in [2.75, 3.05) is 20.8 Å². The van der Waals surface area contributed by atoms with Gasteiger partial charge >= 0.3 is 0 Å². The van der Waals surface area contributed by atoms with Crippen molar-refractivity contribution in [1.82, 2.24) is 4.90 Å². The number of nitriles is 1. The molecule has 1 saturated carbocycles. The van der Waals surface area contributed by atoms with Crippen LogP contribution in [-0.2, 0) is 4.74 Å². The molecule has 20 heavy (non-hydrogen) atoms. The molecule has 1 aliphatic carbocycles. The van der Waals surface area contributed by atoms with E-state index in [9.17, 15) is 5.26 Å². The number of methoxy groups -OCH3 is 1. The summed E-state index contributed by atoms with van der Waals surface area (Å²) in [6.07, 6.45) is 4.59. The van der Waals surface area contributed by atoms with Crippen LogP contribution in [-0.4, -0.2) is 37.7 Å². The molecule has 0 aliphatic heterocycles.